The van der Waals surface area contributed by atoms with E-state index in [-0.39, 0.29) is 11.8 Å². The summed E-state index contributed by atoms with van der Waals surface area (Å²) in [4.78, 5) is 0. The molecule has 2 aromatic rings. The molecule has 0 spiro atoms. The van der Waals surface area contributed by atoms with Crippen LogP contribution in [0.15, 0.2) is 30.3 Å². The molecule has 0 bridgehead atoms. The Morgan fingerprint density at radius 3 is 2.29 bits per heavy atom. The SMILES string of the molecule is CCOCn1c(-c2ccc(Cl)cc2)cc(Cl)c1C(F)(F)F. The van der Waals surface area contributed by atoms with Crippen LogP contribution in [-0.2, 0) is 17.6 Å². The third kappa shape index (κ3) is 3.54. The topological polar surface area (TPSA) is 14.2 Å². The van der Waals surface area contributed by atoms with Gasteiger partial charge < -0.3 is 9.30 Å². The highest BCUT2D eigenvalue weighted by atomic mass is 35.5. The summed E-state index contributed by atoms with van der Waals surface area (Å²) in [5, 5.41) is 0.149. The second-order valence-corrected chi connectivity index (χ2v) is 5.12. The van der Waals surface area contributed by atoms with E-state index in [0.29, 0.717) is 22.9 Å². The minimum atomic E-state index is -4.56. The fourth-order valence-electron chi connectivity index (χ4n) is 1.98. The molecular weight excluding hydrogens is 326 g/mol. The number of rotatable bonds is 4. The van der Waals surface area contributed by atoms with Crippen LogP contribution in [0.2, 0.25) is 10.0 Å². The molecule has 0 atom stereocenters. The van der Waals surface area contributed by atoms with Gasteiger partial charge in [0.25, 0.3) is 0 Å². The summed E-state index contributed by atoms with van der Waals surface area (Å²) in [6.45, 7) is 1.78. The van der Waals surface area contributed by atoms with Crippen LogP contribution in [0.5, 0.6) is 0 Å². The maximum absolute atomic E-state index is 13.1. The number of alkyl halides is 3. The minimum Gasteiger partial charge on any atom is -0.361 e. The maximum Gasteiger partial charge on any atom is 0.432 e. The second-order valence-electron chi connectivity index (χ2n) is 4.28. The highest BCUT2D eigenvalue weighted by molar-refractivity contribution is 6.32. The Bertz CT molecular complexity index is 620. The Morgan fingerprint density at radius 1 is 1.14 bits per heavy atom. The number of benzene rings is 1. The molecule has 114 valence electrons. The first-order chi connectivity index (χ1) is 9.84. The fraction of sp³-hybridized carbons (Fsp3) is 0.286. The van der Waals surface area contributed by atoms with Crippen molar-refractivity contribution in [1.82, 2.24) is 4.57 Å². The third-order valence-corrected chi connectivity index (χ3v) is 3.42. The first-order valence-electron chi connectivity index (χ1n) is 6.14. The molecule has 0 fully saturated rings. The van der Waals surface area contributed by atoms with Gasteiger partial charge in [-0.25, -0.2) is 0 Å². The van der Waals surface area contributed by atoms with Crippen LogP contribution in [0.4, 0.5) is 13.2 Å². The lowest BCUT2D eigenvalue weighted by Gasteiger charge is -2.15. The molecule has 0 aliphatic rings. The predicted molar refractivity (Wildman–Crippen MR) is 76.5 cm³/mol. The number of halogens is 5. The van der Waals surface area contributed by atoms with E-state index in [4.69, 9.17) is 27.9 Å². The van der Waals surface area contributed by atoms with Crippen LogP contribution in [0.1, 0.15) is 12.6 Å². The zero-order chi connectivity index (χ0) is 15.6. The van der Waals surface area contributed by atoms with E-state index in [9.17, 15) is 13.2 Å². The van der Waals surface area contributed by atoms with Gasteiger partial charge in [0, 0.05) is 11.6 Å². The van der Waals surface area contributed by atoms with Crippen molar-refractivity contribution in [3.8, 4) is 11.3 Å². The Labute approximate surface area is 130 Å². The number of hydrogen-bond acceptors (Lipinski definition) is 1. The van der Waals surface area contributed by atoms with Crippen LogP contribution in [0.3, 0.4) is 0 Å². The number of ether oxygens (including phenoxy) is 1. The summed E-state index contributed by atoms with van der Waals surface area (Å²) in [7, 11) is 0. The highest BCUT2D eigenvalue weighted by Crippen LogP contribution is 2.40. The highest BCUT2D eigenvalue weighted by Gasteiger charge is 2.38. The smallest absolute Gasteiger partial charge is 0.361 e. The minimum absolute atomic E-state index is 0.226. The molecule has 21 heavy (non-hydrogen) atoms. The number of aromatic nitrogens is 1. The lowest BCUT2D eigenvalue weighted by Crippen LogP contribution is -2.16. The Hall–Kier alpha value is -1.17. The molecule has 1 heterocycles. The molecule has 0 aliphatic carbocycles. The van der Waals surface area contributed by atoms with Crippen molar-refractivity contribution in [2.24, 2.45) is 0 Å². The molecule has 0 radical (unpaired) electrons. The Kier molecular flexibility index (Phi) is 4.86. The van der Waals surface area contributed by atoms with Gasteiger partial charge in [-0.3, -0.25) is 0 Å². The van der Waals surface area contributed by atoms with E-state index >= 15 is 0 Å². The Morgan fingerprint density at radius 2 is 1.76 bits per heavy atom. The molecule has 2 rings (SSSR count). The average molecular weight is 338 g/mol. The lowest BCUT2D eigenvalue weighted by atomic mass is 10.1. The van der Waals surface area contributed by atoms with Crippen molar-refractivity contribution in [1.29, 1.82) is 0 Å². The van der Waals surface area contributed by atoms with Crippen molar-refractivity contribution in [2.45, 2.75) is 19.8 Å². The van der Waals surface area contributed by atoms with Gasteiger partial charge in [-0.15, -0.1) is 0 Å². The van der Waals surface area contributed by atoms with Gasteiger partial charge in [-0.2, -0.15) is 13.2 Å². The van der Waals surface area contributed by atoms with Crippen LogP contribution in [0.25, 0.3) is 11.3 Å². The monoisotopic (exact) mass is 337 g/mol. The van der Waals surface area contributed by atoms with Crippen molar-refractivity contribution < 1.29 is 17.9 Å². The zero-order valence-corrected chi connectivity index (χ0v) is 12.6. The quantitative estimate of drug-likeness (QED) is 0.721. The summed E-state index contributed by atoms with van der Waals surface area (Å²) in [5.41, 5.74) is -0.00323. The molecule has 0 amide bonds. The third-order valence-electron chi connectivity index (χ3n) is 2.88. The first-order valence-corrected chi connectivity index (χ1v) is 6.90. The second kappa shape index (κ2) is 6.30. The molecule has 2 nitrogen and oxygen atoms in total. The number of hydrogen-bond donors (Lipinski definition) is 0. The first kappa shape index (κ1) is 16.2. The van der Waals surface area contributed by atoms with Crippen LogP contribution >= 0.6 is 23.2 Å². The summed E-state index contributed by atoms with van der Waals surface area (Å²) >= 11 is 11.6. The van der Waals surface area contributed by atoms with Crippen molar-refractivity contribution in [2.75, 3.05) is 6.61 Å². The van der Waals surface area contributed by atoms with Gasteiger partial charge in [-0.1, -0.05) is 35.3 Å². The summed E-state index contributed by atoms with van der Waals surface area (Å²) in [6, 6.07) is 7.77. The van der Waals surface area contributed by atoms with Crippen LogP contribution in [0, 0.1) is 0 Å². The van der Waals surface area contributed by atoms with E-state index in [1.54, 1.807) is 31.2 Å². The maximum atomic E-state index is 13.1. The lowest BCUT2D eigenvalue weighted by molar-refractivity contribution is -0.145. The number of nitrogens with zero attached hydrogens (tertiary/aromatic N) is 1. The van der Waals surface area contributed by atoms with E-state index in [1.807, 2.05) is 0 Å². The predicted octanol–water partition coefficient (Wildman–Crippen LogP) is 5.47. The summed E-state index contributed by atoms with van der Waals surface area (Å²) in [5.74, 6) is 0. The summed E-state index contributed by atoms with van der Waals surface area (Å²) < 4.78 is 45.6. The molecule has 0 N–H and O–H groups in total. The molecule has 0 saturated carbocycles. The van der Waals surface area contributed by atoms with Crippen molar-refractivity contribution in [3.63, 3.8) is 0 Å². The molecular formula is C14H12Cl2F3NO. The fourth-order valence-corrected chi connectivity index (χ4v) is 2.42. The van der Waals surface area contributed by atoms with Gasteiger partial charge >= 0.3 is 6.18 Å². The van der Waals surface area contributed by atoms with Gasteiger partial charge in [0.2, 0.25) is 0 Å². The zero-order valence-electron chi connectivity index (χ0n) is 11.0. The largest absolute Gasteiger partial charge is 0.432 e. The molecule has 0 aliphatic heterocycles. The molecule has 1 aromatic heterocycles. The standard InChI is InChI=1S/C14H12Cl2F3NO/c1-2-21-8-20-12(9-3-5-10(15)6-4-9)7-11(16)13(20)14(17,18)19/h3-7H,2,8H2,1H3. The average Bonchev–Trinajstić information content (AvgIpc) is 2.74. The van der Waals surface area contributed by atoms with Gasteiger partial charge in [0.15, 0.2) is 0 Å². The molecule has 0 unspecified atom stereocenters. The van der Waals surface area contributed by atoms with Crippen LogP contribution in [-0.4, -0.2) is 11.2 Å². The van der Waals surface area contributed by atoms with Crippen molar-refractivity contribution >= 4 is 23.2 Å². The van der Waals surface area contributed by atoms with Gasteiger partial charge in [-0.05, 0) is 30.7 Å². The van der Waals surface area contributed by atoms with Gasteiger partial charge in [0.05, 0.1) is 10.7 Å². The molecule has 7 heteroatoms. The van der Waals surface area contributed by atoms with Crippen molar-refractivity contribution in [3.05, 3.63) is 46.1 Å². The normalized spacial score (nSPS) is 11.9. The van der Waals surface area contributed by atoms with E-state index in [2.05, 4.69) is 0 Å². The van der Waals surface area contributed by atoms with E-state index in [0.717, 1.165) is 4.57 Å². The van der Waals surface area contributed by atoms with Gasteiger partial charge in [0.1, 0.15) is 12.4 Å². The van der Waals surface area contributed by atoms with Crippen LogP contribution < -0.4 is 0 Å². The Balaban J connectivity index is 2.57. The molecule has 0 saturated heterocycles. The molecule has 1 aromatic carbocycles. The van der Waals surface area contributed by atoms with E-state index < -0.39 is 11.9 Å². The summed E-state index contributed by atoms with van der Waals surface area (Å²) in [6.07, 6.45) is -4.56. The van der Waals surface area contributed by atoms with E-state index in [1.165, 1.54) is 6.07 Å².